The summed E-state index contributed by atoms with van der Waals surface area (Å²) in [6.07, 6.45) is -3.78. The Balaban J connectivity index is 2.70. The zero-order chi connectivity index (χ0) is 11.5. The molecule has 1 atom stereocenters. The number of aliphatic hydroxyl groups excluding tert-OH is 1. The molecule has 0 aromatic rings. The lowest BCUT2D eigenvalue weighted by Gasteiger charge is -2.20. The van der Waals surface area contributed by atoms with Crippen LogP contribution in [0.1, 0.15) is 19.3 Å². The molecule has 1 aliphatic carbocycles. The van der Waals surface area contributed by atoms with Crippen molar-refractivity contribution in [2.45, 2.75) is 31.6 Å². The lowest BCUT2D eigenvalue weighted by atomic mass is 9.93. The van der Waals surface area contributed by atoms with E-state index < -0.39 is 17.9 Å². The van der Waals surface area contributed by atoms with E-state index in [9.17, 15) is 17.6 Å². The van der Waals surface area contributed by atoms with Crippen molar-refractivity contribution in [2.75, 3.05) is 6.61 Å². The minimum atomic E-state index is -4.58. The maximum atomic E-state index is 13.1. The fourth-order valence-corrected chi connectivity index (χ4v) is 1.48. The number of hydrogen-bond acceptors (Lipinski definition) is 1. The summed E-state index contributed by atoms with van der Waals surface area (Å²) in [4.78, 5) is 0. The molecule has 86 valence electrons. The zero-order valence-electron chi connectivity index (χ0n) is 8.02. The summed E-state index contributed by atoms with van der Waals surface area (Å²) in [6, 6.07) is 0. The summed E-state index contributed by atoms with van der Waals surface area (Å²) < 4.78 is 49.7. The Morgan fingerprint density at radius 3 is 2.47 bits per heavy atom. The minimum absolute atomic E-state index is 0.0376. The molecule has 0 radical (unpaired) electrons. The van der Waals surface area contributed by atoms with Crippen LogP contribution in [0.3, 0.4) is 0 Å². The molecule has 15 heavy (non-hydrogen) atoms. The van der Waals surface area contributed by atoms with Gasteiger partial charge in [-0.3, -0.25) is 0 Å². The van der Waals surface area contributed by atoms with Crippen molar-refractivity contribution in [3.8, 4) is 0 Å². The molecule has 0 aromatic carbocycles. The Morgan fingerprint density at radius 2 is 2.00 bits per heavy atom. The van der Waals surface area contributed by atoms with Crippen LogP contribution in [0.15, 0.2) is 23.3 Å². The molecule has 0 amide bonds. The summed E-state index contributed by atoms with van der Waals surface area (Å²) >= 11 is 0. The van der Waals surface area contributed by atoms with Gasteiger partial charge in [-0.15, -0.1) is 0 Å². The highest BCUT2D eigenvalue weighted by Gasteiger charge is 2.39. The molecule has 1 unspecified atom stereocenters. The lowest BCUT2D eigenvalue weighted by Crippen LogP contribution is -2.23. The van der Waals surface area contributed by atoms with E-state index >= 15 is 0 Å². The number of allylic oxidation sites excluding steroid dienone is 4. The predicted molar refractivity (Wildman–Crippen MR) is 48.1 cm³/mol. The molecular weight excluding hydrogens is 212 g/mol. The average molecular weight is 224 g/mol. The highest BCUT2D eigenvalue weighted by Crippen LogP contribution is 2.35. The van der Waals surface area contributed by atoms with E-state index in [0.29, 0.717) is 18.4 Å². The summed E-state index contributed by atoms with van der Waals surface area (Å²) in [5.41, 5.74) is -0.500. The molecule has 0 saturated carbocycles. The Kier molecular flexibility index (Phi) is 3.90. The Labute approximate surface area is 85.1 Å². The molecule has 1 nitrogen and oxygen atoms in total. The molecule has 1 rings (SSSR count). The van der Waals surface area contributed by atoms with Gasteiger partial charge in [-0.25, -0.2) is 4.39 Å². The maximum Gasteiger partial charge on any atom is 0.415 e. The van der Waals surface area contributed by atoms with Gasteiger partial charge in [0.2, 0.25) is 0 Å². The third kappa shape index (κ3) is 3.34. The van der Waals surface area contributed by atoms with E-state index in [4.69, 9.17) is 5.11 Å². The first-order valence-electron chi connectivity index (χ1n) is 4.67. The van der Waals surface area contributed by atoms with E-state index in [1.54, 1.807) is 0 Å². The highest BCUT2D eigenvalue weighted by atomic mass is 19.4. The summed E-state index contributed by atoms with van der Waals surface area (Å²) in [7, 11) is 0. The van der Waals surface area contributed by atoms with Crippen molar-refractivity contribution in [2.24, 2.45) is 0 Å². The Hall–Kier alpha value is -0.840. The van der Waals surface area contributed by atoms with Gasteiger partial charge in [-0.05, 0) is 12.8 Å². The largest absolute Gasteiger partial charge is 0.415 e. The fraction of sp³-hybridized carbons (Fsp3) is 0.600. The second-order valence-electron chi connectivity index (χ2n) is 3.44. The quantitative estimate of drug-likeness (QED) is 0.731. The van der Waals surface area contributed by atoms with Gasteiger partial charge in [0.25, 0.3) is 0 Å². The monoisotopic (exact) mass is 224 g/mol. The van der Waals surface area contributed by atoms with Crippen molar-refractivity contribution in [3.63, 3.8) is 0 Å². The van der Waals surface area contributed by atoms with E-state index in [2.05, 4.69) is 0 Å². The molecule has 1 N–H and O–H groups in total. The maximum absolute atomic E-state index is 13.1. The van der Waals surface area contributed by atoms with E-state index in [0.717, 1.165) is 6.08 Å². The SMILES string of the molecule is OCCCC1=CC=C(C(F)(F)F)C(F)C1. The second-order valence-corrected chi connectivity index (χ2v) is 3.44. The van der Waals surface area contributed by atoms with Gasteiger partial charge < -0.3 is 5.11 Å². The Bertz CT molecular complexity index is 278. The third-order valence-electron chi connectivity index (χ3n) is 2.26. The van der Waals surface area contributed by atoms with Crippen molar-refractivity contribution in [1.82, 2.24) is 0 Å². The van der Waals surface area contributed by atoms with Crippen molar-refractivity contribution < 1.29 is 22.7 Å². The highest BCUT2D eigenvalue weighted by molar-refractivity contribution is 5.30. The number of rotatable bonds is 3. The second kappa shape index (κ2) is 4.79. The topological polar surface area (TPSA) is 20.2 Å². The van der Waals surface area contributed by atoms with Crippen LogP contribution in [0.2, 0.25) is 0 Å². The molecule has 0 spiro atoms. The molecule has 1 aliphatic rings. The molecule has 0 heterocycles. The summed E-state index contributed by atoms with van der Waals surface area (Å²) in [6.45, 7) is -0.0376. The van der Waals surface area contributed by atoms with Crippen molar-refractivity contribution in [1.29, 1.82) is 0 Å². The van der Waals surface area contributed by atoms with Gasteiger partial charge in [-0.1, -0.05) is 17.7 Å². The fourth-order valence-electron chi connectivity index (χ4n) is 1.48. The molecule has 0 bridgehead atoms. The van der Waals surface area contributed by atoms with Crippen LogP contribution >= 0.6 is 0 Å². The third-order valence-corrected chi connectivity index (χ3v) is 2.26. The lowest BCUT2D eigenvalue weighted by molar-refractivity contribution is -0.101. The number of hydrogen-bond donors (Lipinski definition) is 1. The van der Waals surface area contributed by atoms with Gasteiger partial charge in [0.05, 0.1) is 5.57 Å². The van der Waals surface area contributed by atoms with Crippen LogP contribution in [0.5, 0.6) is 0 Å². The number of alkyl halides is 4. The van der Waals surface area contributed by atoms with Crippen LogP contribution < -0.4 is 0 Å². The van der Waals surface area contributed by atoms with Gasteiger partial charge in [0.15, 0.2) is 0 Å². The van der Waals surface area contributed by atoms with Crippen molar-refractivity contribution in [3.05, 3.63) is 23.3 Å². The van der Waals surface area contributed by atoms with E-state index in [1.807, 2.05) is 0 Å². The normalized spacial score (nSPS) is 22.3. The predicted octanol–water partition coefficient (Wildman–Crippen LogP) is 2.92. The standard InChI is InChI=1S/C10H12F4O/c11-9-6-7(2-1-5-15)3-4-8(9)10(12,13)14/h3-4,9,15H,1-2,5-6H2. The number of halogens is 4. The minimum Gasteiger partial charge on any atom is -0.396 e. The van der Waals surface area contributed by atoms with E-state index in [-0.39, 0.29) is 13.0 Å². The van der Waals surface area contributed by atoms with Crippen LogP contribution in [-0.4, -0.2) is 24.1 Å². The van der Waals surface area contributed by atoms with Crippen LogP contribution in [0, 0.1) is 0 Å². The van der Waals surface area contributed by atoms with E-state index in [1.165, 1.54) is 6.08 Å². The number of aliphatic hydroxyl groups is 1. The molecule has 5 heteroatoms. The molecule has 0 fully saturated rings. The van der Waals surface area contributed by atoms with Crippen LogP contribution in [0.25, 0.3) is 0 Å². The molecule has 0 aromatic heterocycles. The zero-order valence-corrected chi connectivity index (χ0v) is 8.02. The average Bonchev–Trinajstić information content (AvgIpc) is 2.12. The van der Waals surface area contributed by atoms with Crippen LogP contribution in [-0.2, 0) is 0 Å². The van der Waals surface area contributed by atoms with Gasteiger partial charge >= 0.3 is 6.18 Å². The Morgan fingerprint density at radius 1 is 1.33 bits per heavy atom. The molecule has 0 saturated heterocycles. The van der Waals surface area contributed by atoms with Gasteiger partial charge in [-0.2, -0.15) is 13.2 Å². The summed E-state index contributed by atoms with van der Waals surface area (Å²) in [5.74, 6) is 0. The molecular formula is C10H12F4O. The molecule has 0 aliphatic heterocycles. The van der Waals surface area contributed by atoms with Gasteiger partial charge in [0.1, 0.15) is 6.17 Å². The summed E-state index contributed by atoms with van der Waals surface area (Å²) in [5, 5.41) is 8.53. The van der Waals surface area contributed by atoms with Crippen molar-refractivity contribution >= 4 is 0 Å². The van der Waals surface area contributed by atoms with Crippen LogP contribution in [0.4, 0.5) is 17.6 Å². The van der Waals surface area contributed by atoms with Gasteiger partial charge in [0, 0.05) is 13.0 Å². The first-order chi connectivity index (χ1) is 6.95. The smallest absolute Gasteiger partial charge is 0.396 e. The first kappa shape index (κ1) is 12.2. The first-order valence-corrected chi connectivity index (χ1v) is 4.67.